The molecule has 7 nitrogen and oxygen atoms in total. The number of piperidine rings is 1. The van der Waals surface area contributed by atoms with Crippen molar-refractivity contribution < 1.29 is 18.3 Å². The zero-order valence-electron chi connectivity index (χ0n) is 20.1. The maximum absolute atomic E-state index is 13.6. The van der Waals surface area contributed by atoms with Crippen molar-refractivity contribution in [2.75, 3.05) is 45.7 Å². The number of rotatable bonds is 9. The highest BCUT2D eigenvalue weighted by atomic mass is 19.2. The normalized spacial score (nSPS) is 16.0. The van der Waals surface area contributed by atoms with Crippen molar-refractivity contribution in [3.8, 4) is 5.75 Å². The van der Waals surface area contributed by atoms with Gasteiger partial charge in [0.05, 0.1) is 23.8 Å². The lowest BCUT2D eigenvalue weighted by Gasteiger charge is -2.36. The van der Waals surface area contributed by atoms with Gasteiger partial charge in [0, 0.05) is 43.4 Å². The summed E-state index contributed by atoms with van der Waals surface area (Å²) in [7, 11) is 4.05. The van der Waals surface area contributed by atoms with Gasteiger partial charge < -0.3 is 19.9 Å². The van der Waals surface area contributed by atoms with Gasteiger partial charge in [0.15, 0.2) is 11.6 Å². The third-order valence-corrected chi connectivity index (χ3v) is 6.09. The van der Waals surface area contributed by atoms with E-state index < -0.39 is 11.6 Å². The van der Waals surface area contributed by atoms with Crippen molar-refractivity contribution in [3.63, 3.8) is 0 Å². The Labute approximate surface area is 204 Å². The van der Waals surface area contributed by atoms with Crippen LogP contribution in [0.3, 0.4) is 0 Å². The number of benzene rings is 2. The van der Waals surface area contributed by atoms with Crippen LogP contribution in [-0.4, -0.2) is 72.1 Å². The molecule has 1 atom stereocenters. The van der Waals surface area contributed by atoms with Crippen LogP contribution in [0.4, 0.5) is 14.6 Å². The summed E-state index contributed by atoms with van der Waals surface area (Å²) < 4.78 is 32.9. The van der Waals surface area contributed by atoms with E-state index in [-0.39, 0.29) is 23.0 Å². The fraction of sp³-hybridized carbons (Fsp3) is 0.423. The van der Waals surface area contributed by atoms with Gasteiger partial charge in [-0.05, 0) is 58.0 Å². The van der Waals surface area contributed by atoms with Crippen molar-refractivity contribution in [2.24, 2.45) is 0 Å². The zero-order chi connectivity index (χ0) is 24.8. The molecule has 1 N–H and O–H groups in total. The van der Waals surface area contributed by atoms with Gasteiger partial charge in [0.25, 0.3) is 5.91 Å². The predicted molar refractivity (Wildman–Crippen MR) is 132 cm³/mol. The minimum Gasteiger partial charge on any atom is -0.494 e. The Kier molecular flexibility index (Phi) is 8.07. The second-order valence-electron chi connectivity index (χ2n) is 9.07. The van der Waals surface area contributed by atoms with E-state index in [1.165, 1.54) is 6.20 Å². The van der Waals surface area contributed by atoms with Gasteiger partial charge in [-0.3, -0.25) is 9.78 Å². The van der Waals surface area contributed by atoms with Gasteiger partial charge in [-0.25, -0.2) is 13.8 Å². The summed E-state index contributed by atoms with van der Waals surface area (Å²) in [6, 6.07) is 9.38. The van der Waals surface area contributed by atoms with Gasteiger partial charge in [-0.15, -0.1) is 0 Å². The van der Waals surface area contributed by atoms with Crippen LogP contribution in [0.2, 0.25) is 0 Å². The number of hydrogen-bond acceptors (Lipinski definition) is 6. The summed E-state index contributed by atoms with van der Waals surface area (Å²) in [5.41, 5.74) is 1.16. The largest absolute Gasteiger partial charge is 0.494 e. The lowest BCUT2D eigenvalue weighted by Crippen LogP contribution is -2.47. The zero-order valence-corrected chi connectivity index (χ0v) is 20.1. The minimum atomic E-state index is -0.961. The topological polar surface area (TPSA) is 70.6 Å². The molecule has 1 aliphatic heterocycles. The first kappa shape index (κ1) is 24.8. The number of carbonyl (C=O) groups excluding carboxylic acids is 1. The molecule has 4 rings (SSSR count). The first-order valence-corrected chi connectivity index (χ1v) is 11.9. The Morgan fingerprint density at radius 1 is 1.17 bits per heavy atom. The number of hydrogen-bond donors (Lipinski definition) is 1. The van der Waals surface area contributed by atoms with Crippen molar-refractivity contribution in [1.29, 1.82) is 0 Å². The quantitative estimate of drug-likeness (QED) is 0.457. The summed E-state index contributed by atoms with van der Waals surface area (Å²) in [4.78, 5) is 25.9. The molecule has 0 spiro atoms. The van der Waals surface area contributed by atoms with Gasteiger partial charge in [-0.2, -0.15) is 0 Å². The van der Waals surface area contributed by atoms with Crippen LogP contribution in [-0.2, 0) is 0 Å². The van der Waals surface area contributed by atoms with Crippen molar-refractivity contribution in [3.05, 3.63) is 59.8 Å². The molecular weight excluding hydrogens is 452 g/mol. The SMILES string of the molecule is CN(C)CCCOc1cccc(C(=O)N2CCCC[C@H]2CNc2cnc3cc(F)c(F)cc3n2)c1. The lowest BCUT2D eigenvalue weighted by molar-refractivity contribution is 0.0628. The molecule has 1 amide bonds. The molecule has 0 bridgehead atoms. The van der Waals surface area contributed by atoms with Crippen LogP contribution in [0.1, 0.15) is 36.0 Å². The first-order valence-electron chi connectivity index (χ1n) is 11.9. The number of amides is 1. The Morgan fingerprint density at radius 3 is 2.77 bits per heavy atom. The second kappa shape index (κ2) is 11.4. The van der Waals surface area contributed by atoms with E-state index in [4.69, 9.17) is 4.74 Å². The van der Waals surface area contributed by atoms with Crippen LogP contribution in [0.15, 0.2) is 42.6 Å². The van der Waals surface area contributed by atoms with Crippen LogP contribution >= 0.6 is 0 Å². The van der Waals surface area contributed by atoms with E-state index in [1.807, 2.05) is 37.2 Å². The van der Waals surface area contributed by atoms with Crippen LogP contribution in [0.25, 0.3) is 11.0 Å². The number of fused-ring (bicyclic) bond motifs is 1. The molecule has 2 aromatic carbocycles. The van der Waals surface area contributed by atoms with E-state index in [0.29, 0.717) is 36.8 Å². The van der Waals surface area contributed by atoms with Crippen LogP contribution in [0, 0.1) is 11.6 Å². The third kappa shape index (κ3) is 6.42. The third-order valence-electron chi connectivity index (χ3n) is 6.09. The molecule has 35 heavy (non-hydrogen) atoms. The predicted octanol–water partition coefficient (Wildman–Crippen LogP) is 4.35. The summed E-state index contributed by atoms with van der Waals surface area (Å²) in [5.74, 6) is -0.799. The number of anilines is 1. The number of nitrogens with zero attached hydrogens (tertiary/aromatic N) is 4. The molecule has 0 saturated carbocycles. The van der Waals surface area contributed by atoms with Crippen LogP contribution in [0.5, 0.6) is 5.75 Å². The van der Waals surface area contributed by atoms with Crippen molar-refractivity contribution in [1.82, 2.24) is 19.8 Å². The highest BCUT2D eigenvalue weighted by molar-refractivity contribution is 5.95. The molecule has 1 aliphatic rings. The molecular formula is C26H31F2N5O2. The number of carbonyl (C=O) groups is 1. The van der Waals surface area contributed by atoms with Crippen molar-refractivity contribution in [2.45, 2.75) is 31.7 Å². The smallest absolute Gasteiger partial charge is 0.254 e. The van der Waals surface area contributed by atoms with Gasteiger partial charge >= 0.3 is 0 Å². The van der Waals surface area contributed by atoms with Crippen LogP contribution < -0.4 is 10.1 Å². The maximum atomic E-state index is 13.6. The molecule has 1 saturated heterocycles. The highest BCUT2D eigenvalue weighted by Gasteiger charge is 2.27. The summed E-state index contributed by atoms with van der Waals surface area (Å²) >= 11 is 0. The first-order chi connectivity index (χ1) is 16.9. The van der Waals surface area contributed by atoms with E-state index in [1.54, 1.807) is 6.07 Å². The van der Waals surface area contributed by atoms with E-state index >= 15 is 0 Å². The number of halogens is 2. The molecule has 1 fully saturated rings. The summed E-state index contributed by atoms with van der Waals surface area (Å²) in [6.07, 6.45) is 5.24. The Hall–Kier alpha value is -3.33. The molecule has 1 aromatic heterocycles. The average Bonchev–Trinajstić information content (AvgIpc) is 2.86. The summed E-state index contributed by atoms with van der Waals surface area (Å²) in [5, 5.41) is 3.22. The molecule has 0 radical (unpaired) electrons. The van der Waals surface area contributed by atoms with Gasteiger partial charge in [-0.1, -0.05) is 6.07 Å². The number of ether oxygens (including phenoxy) is 1. The number of aromatic nitrogens is 2. The fourth-order valence-corrected chi connectivity index (χ4v) is 4.25. The molecule has 3 aromatic rings. The second-order valence-corrected chi connectivity index (χ2v) is 9.07. The number of nitrogens with one attached hydrogen (secondary N) is 1. The Balaban J connectivity index is 1.40. The van der Waals surface area contributed by atoms with E-state index in [9.17, 15) is 13.6 Å². The molecule has 0 aliphatic carbocycles. The lowest BCUT2D eigenvalue weighted by atomic mass is 10.0. The molecule has 186 valence electrons. The average molecular weight is 484 g/mol. The molecule has 0 unspecified atom stereocenters. The molecule has 2 heterocycles. The van der Waals surface area contributed by atoms with E-state index in [2.05, 4.69) is 20.2 Å². The molecule has 9 heteroatoms. The standard InChI is InChI=1S/C26H31F2N5O2/c1-32(2)10-6-12-35-20-9-5-7-18(13-20)26(34)33-11-4-3-8-19(33)16-30-25-17-29-23-14-21(27)22(28)15-24(23)31-25/h5,7,9,13-15,17,19H,3-4,6,8,10-12,16H2,1-2H3,(H,30,31)/t19-/m0/s1. The highest BCUT2D eigenvalue weighted by Crippen LogP contribution is 2.23. The fourth-order valence-electron chi connectivity index (χ4n) is 4.25. The minimum absolute atomic E-state index is 0.0247. The maximum Gasteiger partial charge on any atom is 0.254 e. The van der Waals surface area contributed by atoms with E-state index in [0.717, 1.165) is 44.4 Å². The number of likely N-dealkylation sites (tertiary alicyclic amines) is 1. The van der Waals surface area contributed by atoms with Gasteiger partial charge in [0.1, 0.15) is 11.6 Å². The van der Waals surface area contributed by atoms with Gasteiger partial charge in [0.2, 0.25) is 0 Å². The van der Waals surface area contributed by atoms with Crippen molar-refractivity contribution >= 4 is 22.8 Å². The Morgan fingerprint density at radius 2 is 1.97 bits per heavy atom. The Bertz CT molecular complexity index is 1170. The monoisotopic (exact) mass is 483 g/mol. The summed E-state index contributed by atoms with van der Waals surface area (Å²) in [6.45, 7) is 2.69.